The van der Waals surface area contributed by atoms with Gasteiger partial charge in [-0.15, -0.1) is 5.10 Å². The van der Waals surface area contributed by atoms with E-state index in [1.54, 1.807) is 0 Å². The zero-order chi connectivity index (χ0) is 14.5. The smallest absolute Gasteiger partial charge is 0.185 e. The third kappa shape index (κ3) is 3.55. The molecule has 1 aliphatic heterocycles. The van der Waals surface area contributed by atoms with E-state index in [9.17, 15) is 4.79 Å². The Bertz CT molecular complexity index is 587. The zero-order valence-corrected chi connectivity index (χ0v) is 12.0. The van der Waals surface area contributed by atoms with Crippen molar-refractivity contribution in [3.8, 4) is 0 Å². The van der Waals surface area contributed by atoms with E-state index in [4.69, 9.17) is 0 Å². The van der Waals surface area contributed by atoms with E-state index in [0.717, 1.165) is 32.4 Å². The Hall–Kier alpha value is -2.01. The van der Waals surface area contributed by atoms with Crippen LogP contribution in [0.4, 0.5) is 0 Å². The van der Waals surface area contributed by atoms with Gasteiger partial charge in [0.25, 0.3) is 0 Å². The van der Waals surface area contributed by atoms with Crippen molar-refractivity contribution in [1.29, 1.82) is 0 Å². The number of hydrogen-bond acceptors (Lipinski definition) is 4. The van der Waals surface area contributed by atoms with Gasteiger partial charge in [0.05, 0.1) is 12.2 Å². The lowest BCUT2D eigenvalue weighted by Crippen LogP contribution is -2.29. The molecule has 2 heterocycles. The number of Topliss-reactive ketones (excluding diaryl/α,β-unsaturated/α-hetero) is 1. The van der Waals surface area contributed by atoms with Crippen molar-refractivity contribution in [2.24, 2.45) is 0 Å². The molecule has 1 aromatic heterocycles. The average Bonchev–Trinajstić information content (AvgIpc) is 3.04. The van der Waals surface area contributed by atoms with Crippen molar-refractivity contribution >= 4 is 5.78 Å². The molecule has 0 amide bonds. The lowest BCUT2D eigenvalue weighted by molar-refractivity contribution is 0.0978. The van der Waals surface area contributed by atoms with Crippen LogP contribution >= 0.6 is 0 Å². The van der Waals surface area contributed by atoms with Gasteiger partial charge in [0.2, 0.25) is 0 Å². The maximum absolute atomic E-state index is 12.2. The molecule has 0 bridgehead atoms. The van der Waals surface area contributed by atoms with Gasteiger partial charge in [-0.2, -0.15) is 0 Å². The van der Waals surface area contributed by atoms with Crippen molar-refractivity contribution in [3.05, 3.63) is 47.8 Å². The Morgan fingerprint density at radius 3 is 2.76 bits per heavy atom. The summed E-state index contributed by atoms with van der Waals surface area (Å²) < 4.78 is 1.86. The predicted molar refractivity (Wildman–Crippen MR) is 80.3 cm³/mol. The molecule has 1 saturated heterocycles. The molecule has 1 aliphatic rings. The van der Waals surface area contributed by atoms with E-state index in [2.05, 4.69) is 15.6 Å². The number of rotatable bonds is 5. The quantitative estimate of drug-likeness (QED) is 0.853. The molecule has 0 unspecified atom stereocenters. The molecule has 5 nitrogen and oxygen atoms in total. The van der Waals surface area contributed by atoms with Crippen LogP contribution in [0.3, 0.4) is 0 Å². The summed E-state index contributed by atoms with van der Waals surface area (Å²) in [5.74, 6) is 0.0686. The first-order chi connectivity index (χ1) is 10.3. The van der Waals surface area contributed by atoms with E-state index < -0.39 is 0 Å². The lowest BCUT2D eigenvalue weighted by Gasteiger charge is -2.22. The normalized spacial score (nSPS) is 16.0. The van der Waals surface area contributed by atoms with Gasteiger partial charge in [-0.05, 0) is 37.9 Å². The molecule has 0 aliphatic carbocycles. The van der Waals surface area contributed by atoms with Crippen LogP contribution in [-0.4, -0.2) is 33.9 Å². The SMILES string of the molecule is O=C(CCc1ccccc1)c1cn(C2CCNCC2)nn1. The van der Waals surface area contributed by atoms with Gasteiger partial charge < -0.3 is 5.32 Å². The number of piperidine rings is 1. The number of nitrogens with zero attached hydrogens (tertiary/aromatic N) is 3. The summed E-state index contributed by atoms with van der Waals surface area (Å²) in [6.07, 6.45) is 5.13. The summed E-state index contributed by atoms with van der Waals surface area (Å²) in [5.41, 5.74) is 1.67. The minimum Gasteiger partial charge on any atom is -0.317 e. The number of carbonyl (C=O) groups excluding carboxylic acids is 1. The van der Waals surface area contributed by atoms with Gasteiger partial charge in [0, 0.05) is 6.42 Å². The van der Waals surface area contributed by atoms with Crippen LogP contribution in [0.1, 0.15) is 41.4 Å². The van der Waals surface area contributed by atoms with Gasteiger partial charge in [-0.25, -0.2) is 4.68 Å². The molecule has 3 rings (SSSR count). The molecule has 5 heteroatoms. The number of nitrogens with one attached hydrogen (secondary N) is 1. The highest BCUT2D eigenvalue weighted by molar-refractivity contribution is 5.93. The number of carbonyl (C=O) groups is 1. The molecule has 0 radical (unpaired) electrons. The summed E-state index contributed by atoms with van der Waals surface area (Å²) in [5, 5.41) is 11.5. The summed E-state index contributed by atoms with van der Waals surface area (Å²) >= 11 is 0. The maximum Gasteiger partial charge on any atom is 0.185 e. The van der Waals surface area contributed by atoms with Gasteiger partial charge >= 0.3 is 0 Å². The van der Waals surface area contributed by atoms with E-state index in [0.29, 0.717) is 18.2 Å². The molecule has 0 atom stereocenters. The minimum atomic E-state index is 0.0686. The highest BCUT2D eigenvalue weighted by atomic mass is 16.1. The Labute approximate surface area is 124 Å². The van der Waals surface area contributed by atoms with Gasteiger partial charge in [-0.1, -0.05) is 35.5 Å². The first-order valence-corrected chi connectivity index (χ1v) is 7.52. The van der Waals surface area contributed by atoms with Crippen molar-refractivity contribution in [2.75, 3.05) is 13.1 Å². The number of aryl methyl sites for hydroxylation is 1. The molecular formula is C16H20N4O. The highest BCUT2D eigenvalue weighted by Crippen LogP contribution is 2.17. The fraction of sp³-hybridized carbons (Fsp3) is 0.438. The monoisotopic (exact) mass is 284 g/mol. The molecule has 0 saturated carbocycles. The van der Waals surface area contributed by atoms with E-state index in [1.807, 2.05) is 41.2 Å². The average molecular weight is 284 g/mol. The molecule has 1 N–H and O–H groups in total. The number of benzene rings is 1. The first kappa shape index (κ1) is 13.9. The van der Waals surface area contributed by atoms with Gasteiger partial charge in [-0.3, -0.25) is 4.79 Å². The van der Waals surface area contributed by atoms with Crippen LogP contribution in [0.2, 0.25) is 0 Å². The Kier molecular flexibility index (Phi) is 4.40. The van der Waals surface area contributed by atoms with Crippen LogP contribution < -0.4 is 5.32 Å². The molecule has 110 valence electrons. The number of aromatic nitrogens is 3. The van der Waals surface area contributed by atoms with Gasteiger partial charge in [0.15, 0.2) is 5.78 Å². The number of ketones is 1. The second-order valence-electron chi connectivity index (χ2n) is 5.47. The fourth-order valence-electron chi connectivity index (χ4n) is 2.68. The second kappa shape index (κ2) is 6.63. The van der Waals surface area contributed by atoms with Crippen molar-refractivity contribution in [1.82, 2.24) is 20.3 Å². The third-order valence-electron chi connectivity index (χ3n) is 3.96. The van der Waals surface area contributed by atoms with Crippen LogP contribution in [0.15, 0.2) is 36.5 Å². The van der Waals surface area contributed by atoms with Crippen LogP contribution in [0, 0.1) is 0 Å². The van der Waals surface area contributed by atoms with Crippen LogP contribution in [0.25, 0.3) is 0 Å². The third-order valence-corrected chi connectivity index (χ3v) is 3.96. The lowest BCUT2D eigenvalue weighted by atomic mass is 10.1. The predicted octanol–water partition coefficient (Wildman–Crippen LogP) is 2.02. The Morgan fingerprint density at radius 2 is 2.00 bits per heavy atom. The van der Waals surface area contributed by atoms with E-state index in [1.165, 1.54) is 5.56 Å². The standard InChI is InChI=1S/C16H20N4O/c21-16(7-6-13-4-2-1-3-5-13)15-12-20(19-18-15)14-8-10-17-11-9-14/h1-5,12,14,17H,6-11H2. The summed E-state index contributed by atoms with van der Waals surface area (Å²) in [4.78, 5) is 12.2. The topological polar surface area (TPSA) is 59.8 Å². The first-order valence-electron chi connectivity index (χ1n) is 7.52. The second-order valence-corrected chi connectivity index (χ2v) is 5.47. The molecular weight excluding hydrogens is 264 g/mol. The van der Waals surface area contributed by atoms with Gasteiger partial charge in [0.1, 0.15) is 5.69 Å². The minimum absolute atomic E-state index is 0.0686. The van der Waals surface area contributed by atoms with Crippen molar-refractivity contribution < 1.29 is 4.79 Å². The van der Waals surface area contributed by atoms with E-state index >= 15 is 0 Å². The summed E-state index contributed by atoms with van der Waals surface area (Å²) in [6.45, 7) is 2.00. The number of hydrogen-bond donors (Lipinski definition) is 1. The molecule has 2 aromatic rings. The van der Waals surface area contributed by atoms with Crippen molar-refractivity contribution in [3.63, 3.8) is 0 Å². The maximum atomic E-state index is 12.2. The molecule has 1 fully saturated rings. The molecule has 0 spiro atoms. The highest BCUT2D eigenvalue weighted by Gasteiger charge is 2.18. The summed E-state index contributed by atoms with van der Waals surface area (Å²) in [6, 6.07) is 10.4. The van der Waals surface area contributed by atoms with Crippen molar-refractivity contribution in [2.45, 2.75) is 31.7 Å². The Morgan fingerprint density at radius 1 is 1.24 bits per heavy atom. The largest absolute Gasteiger partial charge is 0.317 e. The van der Waals surface area contributed by atoms with E-state index in [-0.39, 0.29) is 5.78 Å². The van der Waals surface area contributed by atoms with Crippen LogP contribution in [-0.2, 0) is 6.42 Å². The van der Waals surface area contributed by atoms with Crippen LogP contribution in [0.5, 0.6) is 0 Å². The fourth-order valence-corrected chi connectivity index (χ4v) is 2.68. The molecule has 21 heavy (non-hydrogen) atoms. The Balaban J connectivity index is 1.59. The molecule has 1 aromatic carbocycles. The zero-order valence-electron chi connectivity index (χ0n) is 12.0. The summed E-state index contributed by atoms with van der Waals surface area (Å²) in [7, 11) is 0.